The van der Waals surface area contributed by atoms with Gasteiger partial charge in [0.05, 0.1) is 0 Å². The fourth-order valence-corrected chi connectivity index (χ4v) is 14.7. The van der Waals surface area contributed by atoms with Gasteiger partial charge in [0.2, 0.25) is 0 Å². The summed E-state index contributed by atoms with van der Waals surface area (Å²) in [4.78, 5) is 0. The number of unbranched alkanes of at least 4 members (excludes halogenated alkanes) is 1. The predicted molar refractivity (Wildman–Crippen MR) is 162 cm³/mol. The molecule has 3 aromatic carbocycles. The fourth-order valence-electron chi connectivity index (χ4n) is 5.88. The second-order valence-corrected chi connectivity index (χ2v) is 21.1. The molecule has 5 rings (SSSR count). The van der Waals surface area contributed by atoms with Crippen molar-refractivity contribution >= 4 is 42.2 Å². The van der Waals surface area contributed by atoms with Crippen LogP contribution in [0.5, 0.6) is 0 Å². The van der Waals surface area contributed by atoms with E-state index in [2.05, 4.69) is 113 Å². The Balaban J connectivity index is 1.40. The average molecular weight is 633 g/mol. The number of hydrogen-bond donors (Lipinski definition) is 0. The van der Waals surface area contributed by atoms with Crippen molar-refractivity contribution in [2.75, 3.05) is 32.6 Å². The molecule has 2 aliphatic rings. The van der Waals surface area contributed by atoms with E-state index in [0.717, 1.165) is 38.3 Å². The Hall–Kier alpha value is -1.34. The zero-order valence-corrected chi connectivity index (χ0v) is 24.7. The third kappa shape index (κ3) is 5.54. The van der Waals surface area contributed by atoms with Crippen LogP contribution >= 0.6 is 26.3 Å². The summed E-state index contributed by atoms with van der Waals surface area (Å²) in [5.74, 6) is -1.06. The SMILES string of the molecule is CC1(CCC2(CCCCP(I)(c3ccccc3)(c3ccccc3)c3ccccc3)OCCO2)OCCO1. The van der Waals surface area contributed by atoms with Crippen LogP contribution in [0.15, 0.2) is 91.0 Å². The standard InChI is InChI=1S/C31H38IO4P/c1-30(33-22-23-34-30)20-21-31(35-24-25-36-31)19-11-12-26-37(32,27-13-5-2-6-14-27,28-15-7-3-8-16-28)29-17-9-4-10-18-29/h2-10,13-18H,11-12,19-26H2,1H3. The van der Waals surface area contributed by atoms with Crippen LogP contribution in [0.3, 0.4) is 0 Å². The van der Waals surface area contributed by atoms with Crippen LogP contribution in [0.1, 0.15) is 39.0 Å². The average Bonchev–Trinajstić information content (AvgIpc) is 3.62. The van der Waals surface area contributed by atoms with E-state index in [1.165, 1.54) is 15.9 Å². The van der Waals surface area contributed by atoms with E-state index in [0.29, 0.717) is 26.4 Å². The second kappa shape index (κ2) is 11.4. The monoisotopic (exact) mass is 632 g/mol. The summed E-state index contributed by atoms with van der Waals surface area (Å²) in [6.07, 6.45) is 5.64. The molecule has 0 N–H and O–H groups in total. The van der Waals surface area contributed by atoms with Crippen molar-refractivity contribution < 1.29 is 18.9 Å². The van der Waals surface area contributed by atoms with E-state index < -0.39 is 15.8 Å². The molecule has 2 saturated heterocycles. The molecule has 0 atom stereocenters. The molecule has 0 radical (unpaired) electrons. The number of benzene rings is 3. The predicted octanol–water partition coefficient (Wildman–Crippen LogP) is 6.32. The Morgan fingerprint density at radius 1 is 0.595 bits per heavy atom. The molecule has 4 nitrogen and oxygen atoms in total. The third-order valence-corrected chi connectivity index (χ3v) is 19.7. The van der Waals surface area contributed by atoms with Crippen molar-refractivity contribution in [3.05, 3.63) is 91.0 Å². The zero-order chi connectivity index (χ0) is 25.7. The topological polar surface area (TPSA) is 36.9 Å². The van der Waals surface area contributed by atoms with Gasteiger partial charge in [-0.25, -0.2) is 0 Å². The van der Waals surface area contributed by atoms with Gasteiger partial charge in [-0.1, -0.05) is 0 Å². The molecule has 0 saturated carbocycles. The number of halogens is 1. The van der Waals surface area contributed by atoms with Gasteiger partial charge in [-0.2, -0.15) is 0 Å². The van der Waals surface area contributed by atoms with Gasteiger partial charge in [-0.05, 0) is 0 Å². The molecule has 0 aliphatic carbocycles. The minimum absolute atomic E-state index is 0.524. The van der Waals surface area contributed by atoms with Crippen LogP contribution in [0, 0.1) is 0 Å². The van der Waals surface area contributed by atoms with Gasteiger partial charge in [-0.3, -0.25) is 0 Å². The summed E-state index contributed by atoms with van der Waals surface area (Å²) in [5.41, 5.74) is 0. The Kier molecular flexibility index (Phi) is 8.40. The van der Waals surface area contributed by atoms with Crippen molar-refractivity contribution in [2.24, 2.45) is 0 Å². The first-order valence-corrected chi connectivity index (χ1v) is 18.6. The molecule has 0 aromatic heterocycles. The molecule has 2 heterocycles. The van der Waals surface area contributed by atoms with Gasteiger partial charge < -0.3 is 0 Å². The summed E-state index contributed by atoms with van der Waals surface area (Å²) in [6.45, 7) is 4.66. The van der Waals surface area contributed by atoms with E-state index >= 15 is 0 Å². The zero-order valence-electron chi connectivity index (χ0n) is 21.7. The molecule has 0 spiro atoms. The van der Waals surface area contributed by atoms with E-state index in [9.17, 15) is 0 Å². The molecule has 0 amide bonds. The van der Waals surface area contributed by atoms with Crippen molar-refractivity contribution in [3.8, 4) is 0 Å². The molecule has 2 fully saturated rings. The van der Waals surface area contributed by atoms with E-state index in [-0.39, 0.29) is 0 Å². The van der Waals surface area contributed by atoms with Gasteiger partial charge >= 0.3 is 235 Å². The summed E-state index contributed by atoms with van der Waals surface area (Å²) >= 11 is 2.88. The number of ether oxygens (including phenoxy) is 4. The Labute approximate surface area is 234 Å². The van der Waals surface area contributed by atoms with Crippen LogP contribution in [0.2, 0.25) is 0 Å². The fraction of sp³-hybridized carbons (Fsp3) is 0.419. The summed E-state index contributed by atoms with van der Waals surface area (Å²) in [7, 11) is 0. The normalized spacial score (nSPS) is 19.9. The summed E-state index contributed by atoms with van der Waals surface area (Å²) in [5, 5.41) is 4.29. The van der Waals surface area contributed by atoms with Gasteiger partial charge in [-0.15, -0.1) is 0 Å². The molecular weight excluding hydrogens is 594 g/mol. The van der Waals surface area contributed by atoms with Crippen LogP contribution < -0.4 is 15.9 Å². The minimum atomic E-state index is -2.75. The van der Waals surface area contributed by atoms with E-state index in [1.807, 2.05) is 6.92 Å². The van der Waals surface area contributed by atoms with Gasteiger partial charge in [0, 0.05) is 0 Å². The van der Waals surface area contributed by atoms with Crippen LogP contribution in [0.25, 0.3) is 0 Å². The number of hydrogen-bond acceptors (Lipinski definition) is 4. The Bertz CT molecular complexity index is 1030. The second-order valence-electron chi connectivity index (χ2n) is 10.3. The molecular formula is C31H38IO4P. The Morgan fingerprint density at radius 3 is 1.49 bits per heavy atom. The van der Waals surface area contributed by atoms with Gasteiger partial charge in [0.1, 0.15) is 0 Å². The Morgan fingerprint density at radius 2 is 1.03 bits per heavy atom. The van der Waals surface area contributed by atoms with Crippen molar-refractivity contribution in [1.82, 2.24) is 0 Å². The van der Waals surface area contributed by atoms with Gasteiger partial charge in [0.15, 0.2) is 0 Å². The van der Waals surface area contributed by atoms with Gasteiger partial charge in [0.25, 0.3) is 0 Å². The number of rotatable bonds is 11. The molecule has 2 aliphatic heterocycles. The van der Waals surface area contributed by atoms with Crippen LogP contribution in [-0.2, 0) is 18.9 Å². The van der Waals surface area contributed by atoms with Crippen molar-refractivity contribution in [1.29, 1.82) is 0 Å². The first-order chi connectivity index (χ1) is 18.0. The molecule has 198 valence electrons. The first-order valence-electron chi connectivity index (χ1n) is 13.4. The van der Waals surface area contributed by atoms with Crippen molar-refractivity contribution in [3.63, 3.8) is 0 Å². The summed E-state index contributed by atoms with van der Waals surface area (Å²) < 4.78 is 21.4. The first kappa shape index (κ1) is 27.2. The molecule has 3 aromatic rings. The van der Waals surface area contributed by atoms with E-state index in [1.54, 1.807) is 0 Å². The summed E-state index contributed by atoms with van der Waals surface area (Å²) in [6, 6.07) is 33.4. The van der Waals surface area contributed by atoms with Crippen LogP contribution in [0.4, 0.5) is 0 Å². The maximum absolute atomic E-state index is 6.23. The maximum atomic E-state index is 6.23. The molecule has 37 heavy (non-hydrogen) atoms. The van der Waals surface area contributed by atoms with E-state index in [4.69, 9.17) is 18.9 Å². The quantitative estimate of drug-likeness (QED) is 0.141. The molecule has 0 bridgehead atoms. The van der Waals surface area contributed by atoms with Crippen LogP contribution in [-0.4, -0.2) is 44.2 Å². The third-order valence-electron chi connectivity index (χ3n) is 7.94. The molecule has 0 unspecified atom stereocenters. The van der Waals surface area contributed by atoms with Crippen molar-refractivity contribution in [2.45, 2.75) is 50.6 Å². The molecule has 6 heteroatoms.